The summed E-state index contributed by atoms with van der Waals surface area (Å²) in [6.45, 7) is 6.41. The summed E-state index contributed by atoms with van der Waals surface area (Å²) in [6.07, 6.45) is 1.42. The van der Waals surface area contributed by atoms with Crippen LogP contribution in [0.15, 0.2) is 22.7 Å². The first kappa shape index (κ1) is 14.8. The Morgan fingerprint density at radius 2 is 2.18 bits per heavy atom. The van der Waals surface area contributed by atoms with Crippen molar-refractivity contribution in [2.24, 2.45) is 0 Å². The van der Waals surface area contributed by atoms with Crippen molar-refractivity contribution in [3.8, 4) is 5.75 Å². The van der Waals surface area contributed by atoms with Crippen LogP contribution < -0.4 is 10.1 Å². The van der Waals surface area contributed by atoms with Gasteiger partial charge in [-0.25, -0.2) is 0 Å². The van der Waals surface area contributed by atoms with Gasteiger partial charge in [0.2, 0.25) is 0 Å². The van der Waals surface area contributed by atoms with Gasteiger partial charge in [-0.2, -0.15) is 0 Å². The fourth-order valence-corrected chi connectivity index (χ4v) is 2.37. The first-order valence-corrected chi connectivity index (χ1v) is 6.63. The van der Waals surface area contributed by atoms with Crippen molar-refractivity contribution >= 4 is 28.3 Å². The maximum atomic E-state index is 5.93. The van der Waals surface area contributed by atoms with E-state index in [-0.39, 0.29) is 12.4 Å². The van der Waals surface area contributed by atoms with Crippen molar-refractivity contribution in [3.63, 3.8) is 0 Å². The van der Waals surface area contributed by atoms with Crippen molar-refractivity contribution in [2.45, 2.75) is 32.3 Å². The number of hydrogen-bond acceptors (Lipinski definition) is 2. The van der Waals surface area contributed by atoms with Gasteiger partial charge in [0.25, 0.3) is 0 Å². The van der Waals surface area contributed by atoms with Crippen LogP contribution in [0.1, 0.15) is 31.7 Å². The van der Waals surface area contributed by atoms with Crippen molar-refractivity contribution in [1.29, 1.82) is 0 Å². The van der Waals surface area contributed by atoms with Gasteiger partial charge in [-0.15, -0.1) is 12.4 Å². The van der Waals surface area contributed by atoms with Crippen molar-refractivity contribution in [2.75, 3.05) is 13.1 Å². The van der Waals surface area contributed by atoms with Crippen LogP contribution in [0.4, 0.5) is 0 Å². The third-order valence-corrected chi connectivity index (χ3v) is 3.55. The van der Waals surface area contributed by atoms with Gasteiger partial charge in [0.05, 0.1) is 4.47 Å². The van der Waals surface area contributed by atoms with Gasteiger partial charge in [0.1, 0.15) is 11.9 Å². The molecule has 4 heteroatoms. The fraction of sp³-hybridized carbons (Fsp3) is 0.538. The van der Waals surface area contributed by atoms with Gasteiger partial charge in [-0.3, -0.25) is 0 Å². The highest BCUT2D eigenvalue weighted by atomic mass is 79.9. The zero-order valence-corrected chi connectivity index (χ0v) is 12.6. The van der Waals surface area contributed by atoms with Crippen LogP contribution in [0.2, 0.25) is 0 Å². The molecule has 0 amide bonds. The topological polar surface area (TPSA) is 21.3 Å². The number of halogens is 2. The number of rotatable bonds is 3. The number of benzene rings is 1. The molecule has 1 N–H and O–H groups in total. The molecule has 0 radical (unpaired) electrons. The van der Waals surface area contributed by atoms with Crippen LogP contribution in [-0.4, -0.2) is 19.2 Å². The second-order valence-electron chi connectivity index (χ2n) is 4.58. The summed E-state index contributed by atoms with van der Waals surface area (Å²) >= 11 is 3.58. The van der Waals surface area contributed by atoms with Crippen LogP contribution >= 0.6 is 28.3 Å². The largest absolute Gasteiger partial charge is 0.488 e. The summed E-state index contributed by atoms with van der Waals surface area (Å²) in [5.41, 5.74) is 1.34. The number of hydrogen-bond donors (Lipinski definition) is 1. The van der Waals surface area contributed by atoms with E-state index in [0.29, 0.717) is 12.0 Å². The first-order chi connectivity index (χ1) is 7.66. The molecule has 0 spiro atoms. The van der Waals surface area contributed by atoms with E-state index < -0.39 is 0 Å². The predicted molar refractivity (Wildman–Crippen MR) is 77.4 cm³/mol. The Balaban J connectivity index is 0.00000144. The van der Waals surface area contributed by atoms with E-state index in [2.05, 4.69) is 53.3 Å². The summed E-state index contributed by atoms with van der Waals surface area (Å²) in [5, 5.41) is 3.30. The molecule has 1 atom stereocenters. The SMILES string of the molecule is CC(C)c1ccc(OC2CCNC2)c(Br)c1.Cl. The van der Waals surface area contributed by atoms with Crippen LogP contribution in [0, 0.1) is 0 Å². The normalized spacial score (nSPS) is 19.2. The average molecular weight is 321 g/mol. The molecule has 0 aliphatic carbocycles. The third kappa shape index (κ3) is 3.87. The molecule has 1 aromatic rings. The molecule has 2 rings (SSSR count). The third-order valence-electron chi connectivity index (χ3n) is 2.93. The standard InChI is InChI=1S/C13H18BrNO.ClH/c1-9(2)10-3-4-13(12(14)7-10)16-11-5-6-15-8-11;/h3-4,7,9,11,15H,5-6,8H2,1-2H3;1H. The van der Waals surface area contributed by atoms with Crippen LogP contribution in [0.5, 0.6) is 5.75 Å². The van der Waals surface area contributed by atoms with Gasteiger partial charge >= 0.3 is 0 Å². The molecule has 0 saturated carbocycles. The molecule has 1 unspecified atom stereocenters. The Morgan fingerprint density at radius 1 is 1.41 bits per heavy atom. The van der Waals surface area contributed by atoms with Gasteiger partial charge in [0.15, 0.2) is 0 Å². The molecule has 1 aliphatic rings. The molecular formula is C13H19BrClNO. The highest BCUT2D eigenvalue weighted by molar-refractivity contribution is 9.10. The maximum Gasteiger partial charge on any atom is 0.133 e. The Morgan fingerprint density at radius 3 is 2.71 bits per heavy atom. The lowest BCUT2D eigenvalue weighted by atomic mass is 10.0. The maximum absolute atomic E-state index is 5.93. The van der Waals surface area contributed by atoms with Crippen molar-refractivity contribution in [3.05, 3.63) is 28.2 Å². The Hall–Kier alpha value is -0.250. The van der Waals surface area contributed by atoms with E-state index in [1.54, 1.807) is 0 Å². The van der Waals surface area contributed by atoms with Crippen LogP contribution in [0.3, 0.4) is 0 Å². The second-order valence-corrected chi connectivity index (χ2v) is 5.43. The molecule has 1 heterocycles. The summed E-state index contributed by atoms with van der Waals surface area (Å²) in [5.74, 6) is 1.51. The Bertz CT molecular complexity index is 364. The zero-order chi connectivity index (χ0) is 11.5. The van der Waals surface area contributed by atoms with E-state index >= 15 is 0 Å². The molecule has 1 saturated heterocycles. The minimum absolute atomic E-state index is 0. The molecular weight excluding hydrogens is 302 g/mol. The summed E-state index contributed by atoms with van der Waals surface area (Å²) in [6, 6.07) is 6.37. The Labute approximate surface area is 118 Å². The molecule has 2 nitrogen and oxygen atoms in total. The van der Waals surface area contributed by atoms with Gasteiger partial charge in [-0.1, -0.05) is 19.9 Å². The highest BCUT2D eigenvalue weighted by Gasteiger charge is 2.17. The summed E-state index contributed by atoms with van der Waals surface area (Å²) in [7, 11) is 0. The van der Waals surface area contributed by atoms with Gasteiger partial charge < -0.3 is 10.1 Å². The molecule has 0 bridgehead atoms. The van der Waals surface area contributed by atoms with Crippen LogP contribution in [0.25, 0.3) is 0 Å². The van der Waals surface area contributed by atoms with E-state index in [9.17, 15) is 0 Å². The first-order valence-electron chi connectivity index (χ1n) is 5.83. The van der Waals surface area contributed by atoms with Gasteiger partial charge in [-0.05, 0) is 52.5 Å². The predicted octanol–water partition coefficient (Wildman–Crippen LogP) is 3.74. The van der Waals surface area contributed by atoms with Crippen LogP contribution in [-0.2, 0) is 0 Å². The van der Waals surface area contributed by atoms with Crippen molar-refractivity contribution < 1.29 is 4.74 Å². The summed E-state index contributed by atoms with van der Waals surface area (Å²) in [4.78, 5) is 0. The van der Waals surface area contributed by atoms with E-state index in [4.69, 9.17) is 4.74 Å². The number of nitrogens with one attached hydrogen (secondary N) is 1. The fourth-order valence-electron chi connectivity index (χ4n) is 1.88. The molecule has 1 aromatic carbocycles. The lowest BCUT2D eigenvalue weighted by Crippen LogP contribution is -2.19. The lowest BCUT2D eigenvalue weighted by Gasteiger charge is -2.15. The summed E-state index contributed by atoms with van der Waals surface area (Å²) < 4.78 is 6.99. The molecule has 96 valence electrons. The van der Waals surface area contributed by atoms with E-state index in [0.717, 1.165) is 29.7 Å². The van der Waals surface area contributed by atoms with E-state index in [1.165, 1.54) is 5.56 Å². The molecule has 1 fully saturated rings. The monoisotopic (exact) mass is 319 g/mol. The highest BCUT2D eigenvalue weighted by Crippen LogP contribution is 2.30. The van der Waals surface area contributed by atoms with Crippen molar-refractivity contribution in [1.82, 2.24) is 5.32 Å². The smallest absolute Gasteiger partial charge is 0.133 e. The molecule has 0 aromatic heterocycles. The minimum atomic E-state index is 0. The van der Waals surface area contributed by atoms with Gasteiger partial charge in [0, 0.05) is 6.54 Å². The molecule has 1 aliphatic heterocycles. The second kappa shape index (κ2) is 6.62. The minimum Gasteiger partial charge on any atom is -0.488 e. The zero-order valence-electron chi connectivity index (χ0n) is 10.2. The number of ether oxygens (including phenoxy) is 1. The quantitative estimate of drug-likeness (QED) is 0.916. The van der Waals surface area contributed by atoms with E-state index in [1.807, 2.05) is 0 Å². The Kier molecular flexibility index (Phi) is 5.77. The lowest BCUT2D eigenvalue weighted by molar-refractivity contribution is 0.221. The average Bonchev–Trinajstić information content (AvgIpc) is 2.73. The molecule has 17 heavy (non-hydrogen) atoms.